The third-order valence-corrected chi connectivity index (χ3v) is 12.0. The molecule has 0 aliphatic rings. The first-order chi connectivity index (χ1) is 30.7. The zero-order valence-corrected chi connectivity index (χ0v) is 33.3. The summed E-state index contributed by atoms with van der Waals surface area (Å²) in [5, 5.41) is 17.9. The lowest BCUT2D eigenvalue weighted by molar-refractivity contribution is 1.07. The summed E-state index contributed by atoms with van der Waals surface area (Å²) in [6, 6.07) is 73.8. The molecular formula is C56H34N6. The Bertz CT molecular complexity index is 3760. The quantitative estimate of drug-likeness (QED) is 0.168. The molecule has 0 aliphatic heterocycles. The summed E-state index contributed by atoms with van der Waals surface area (Å²) in [5.74, 6) is 1.61. The van der Waals surface area contributed by atoms with Gasteiger partial charge in [-0.15, -0.1) is 0 Å². The number of benzene rings is 9. The van der Waals surface area contributed by atoms with Crippen molar-refractivity contribution in [2.45, 2.75) is 0 Å². The van der Waals surface area contributed by atoms with Gasteiger partial charge in [-0.2, -0.15) is 5.26 Å². The van der Waals surface area contributed by atoms with Gasteiger partial charge in [0.1, 0.15) is 6.07 Å². The van der Waals surface area contributed by atoms with Crippen LogP contribution in [0.15, 0.2) is 206 Å². The average Bonchev–Trinajstić information content (AvgIpc) is 3.87. The summed E-state index contributed by atoms with van der Waals surface area (Å²) in [6.45, 7) is 0. The lowest BCUT2D eigenvalue weighted by atomic mass is 10.0. The lowest BCUT2D eigenvalue weighted by Crippen LogP contribution is -2.02. The summed E-state index contributed by atoms with van der Waals surface area (Å²) < 4.78 is 4.67. The minimum absolute atomic E-state index is 0.491. The van der Waals surface area contributed by atoms with Gasteiger partial charge in [-0.25, -0.2) is 15.0 Å². The molecule has 3 aromatic heterocycles. The fourth-order valence-corrected chi connectivity index (χ4v) is 9.20. The second-order valence-corrected chi connectivity index (χ2v) is 15.5. The number of hydrogen-bond donors (Lipinski definition) is 0. The molecule has 0 N–H and O–H groups in total. The molecule has 0 fully saturated rings. The third kappa shape index (κ3) is 5.61. The van der Waals surface area contributed by atoms with Crippen LogP contribution in [0.1, 0.15) is 5.56 Å². The Morgan fingerprint density at radius 3 is 1.68 bits per heavy atom. The van der Waals surface area contributed by atoms with E-state index < -0.39 is 0 Å². The zero-order chi connectivity index (χ0) is 41.1. The Balaban J connectivity index is 1.08. The fraction of sp³-hybridized carbons (Fsp3) is 0. The molecule has 3 heterocycles. The average molecular weight is 791 g/mol. The van der Waals surface area contributed by atoms with Crippen molar-refractivity contribution in [3.05, 3.63) is 212 Å². The van der Waals surface area contributed by atoms with Gasteiger partial charge >= 0.3 is 0 Å². The minimum atomic E-state index is 0.491. The van der Waals surface area contributed by atoms with Gasteiger partial charge in [0.05, 0.1) is 39.0 Å². The molecule has 0 saturated heterocycles. The summed E-state index contributed by atoms with van der Waals surface area (Å²) in [4.78, 5) is 15.1. The van der Waals surface area contributed by atoms with Crippen LogP contribution in [0.3, 0.4) is 0 Å². The van der Waals surface area contributed by atoms with E-state index in [9.17, 15) is 5.26 Å². The number of nitriles is 1. The predicted molar refractivity (Wildman–Crippen MR) is 252 cm³/mol. The number of rotatable bonds is 6. The number of aromatic nitrogens is 5. The number of nitrogens with zero attached hydrogens (tertiary/aromatic N) is 6. The molecule has 9 aromatic carbocycles. The van der Waals surface area contributed by atoms with Crippen LogP contribution in [0.2, 0.25) is 0 Å². The Morgan fingerprint density at radius 1 is 0.355 bits per heavy atom. The SMILES string of the molecule is N#Cc1cc(-c2nc(-c3ccccc3)nc(-c3cccc(-c4ccccc4)c3)n2)ccc1-n1c2ccccc2c2ccc3c(c4ccccc4n3-c3cccc4ccccc34)c21. The Morgan fingerprint density at radius 2 is 0.919 bits per heavy atom. The summed E-state index contributed by atoms with van der Waals surface area (Å²) in [7, 11) is 0. The monoisotopic (exact) mass is 790 g/mol. The number of hydrogen-bond acceptors (Lipinski definition) is 4. The van der Waals surface area contributed by atoms with Gasteiger partial charge in [0, 0.05) is 43.6 Å². The summed E-state index contributed by atoms with van der Waals surface area (Å²) in [6.07, 6.45) is 0. The molecule has 12 aromatic rings. The van der Waals surface area contributed by atoms with Gasteiger partial charge in [0.2, 0.25) is 0 Å². The van der Waals surface area contributed by atoms with Crippen LogP contribution >= 0.6 is 0 Å². The molecule has 6 heteroatoms. The maximum absolute atomic E-state index is 11.1. The highest BCUT2D eigenvalue weighted by atomic mass is 15.0. The van der Waals surface area contributed by atoms with Crippen LogP contribution in [0, 0.1) is 11.3 Å². The molecule has 12 rings (SSSR count). The standard InChI is InChI=1S/C56H34N6/c57-35-42-34-41(56-59-54(38-18-5-2-6-19-38)58-55(60-56)40-22-13-21-39(33-40)36-15-3-1-4-16-36)29-31-47(42)62-49-26-11-9-24-44(49)45-30-32-51-52(53(45)62)46-25-10-12-27-50(46)61(51)48-28-14-20-37-17-7-8-23-43(37)48/h1-34H. The van der Waals surface area contributed by atoms with Gasteiger partial charge < -0.3 is 9.13 Å². The number of para-hydroxylation sites is 2. The van der Waals surface area contributed by atoms with Gasteiger partial charge in [-0.3, -0.25) is 0 Å². The van der Waals surface area contributed by atoms with E-state index in [1.165, 1.54) is 10.8 Å². The minimum Gasteiger partial charge on any atom is -0.309 e. The maximum atomic E-state index is 11.1. The van der Waals surface area contributed by atoms with Crippen molar-refractivity contribution in [2.24, 2.45) is 0 Å². The second-order valence-electron chi connectivity index (χ2n) is 15.5. The van der Waals surface area contributed by atoms with Crippen LogP contribution in [0.5, 0.6) is 0 Å². The molecule has 0 amide bonds. The first-order valence-corrected chi connectivity index (χ1v) is 20.7. The van der Waals surface area contributed by atoms with Crippen molar-refractivity contribution < 1.29 is 0 Å². The van der Waals surface area contributed by atoms with E-state index in [-0.39, 0.29) is 0 Å². The van der Waals surface area contributed by atoms with E-state index in [1.54, 1.807) is 0 Å². The molecule has 62 heavy (non-hydrogen) atoms. The first-order valence-electron chi connectivity index (χ1n) is 20.7. The largest absolute Gasteiger partial charge is 0.309 e. The van der Waals surface area contributed by atoms with E-state index in [2.05, 4.69) is 143 Å². The molecule has 0 spiro atoms. The van der Waals surface area contributed by atoms with Crippen LogP contribution in [-0.4, -0.2) is 24.1 Å². The van der Waals surface area contributed by atoms with E-state index >= 15 is 0 Å². The van der Waals surface area contributed by atoms with Gasteiger partial charge in [-0.05, 0) is 65.0 Å². The Kier molecular flexibility index (Phi) is 8.12. The lowest BCUT2D eigenvalue weighted by Gasteiger charge is -2.14. The van der Waals surface area contributed by atoms with Crippen LogP contribution < -0.4 is 0 Å². The zero-order valence-electron chi connectivity index (χ0n) is 33.3. The van der Waals surface area contributed by atoms with Crippen molar-refractivity contribution in [3.8, 4) is 62.7 Å². The molecule has 0 atom stereocenters. The highest BCUT2D eigenvalue weighted by Gasteiger charge is 2.23. The normalized spacial score (nSPS) is 11.5. The van der Waals surface area contributed by atoms with E-state index in [1.807, 2.05) is 78.9 Å². The van der Waals surface area contributed by atoms with Gasteiger partial charge in [0.15, 0.2) is 17.5 Å². The smallest absolute Gasteiger partial charge is 0.164 e. The summed E-state index contributed by atoms with van der Waals surface area (Å²) >= 11 is 0. The van der Waals surface area contributed by atoms with Crippen LogP contribution in [-0.2, 0) is 0 Å². The molecular weight excluding hydrogens is 757 g/mol. The van der Waals surface area contributed by atoms with E-state index in [4.69, 9.17) is 15.0 Å². The molecule has 0 bridgehead atoms. The van der Waals surface area contributed by atoms with Crippen molar-refractivity contribution in [1.29, 1.82) is 5.26 Å². The molecule has 6 nitrogen and oxygen atoms in total. The van der Waals surface area contributed by atoms with Crippen molar-refractivity contribution in [2.75, 3.05) is 0 Å². The number of fused-ring (bicyclic) bond motifs is 8. The molecule has 0 saturated carbocycles. The maximum Gasteiger partial charge on any atom is 0.164 e. The van der Waals surface area contributed by atoms with Crippen LogP contribution in [0.4, 0.5) is 0 Å². The van der Waals surface area contributed by atoms with Crippen molar-refractivity contribution in [1.82, 2.24) is 24.1 Å². The topological polar surface area (TPSA) is 72.3 Å². The van der Waals surface area contributed by atoms with E-state index in [0.717, 1.165) is 82.8 Å². The molecule has 0 unspecified atom stereocenters. The van der Waals surface area contributed by atoms with Gasteiger partial charge in [-0.1, -0.05) is 158 Å². The van der Waals surface area contributed by atoms with Crippen molar-refractivity contribution >= 4 is 54.4 Å². The molecule has 0 radical (unpaired) electrons. The molecule has 0 aliphatic carbocycles. The first kappa shape index (κ1) is 35.3. The fourth-order valence-electron chi connectivity index (χ4n) is 9.20. The third-order valence-electron chi connectivity index (χ3n) is 12.0. The highest BCUT2D eigenvalue weighted by molar-refractivity contribution is 6.26. The molecule has 288 valence electrons. The van der Waals surface area contributed by atoms with Gasteiger partial charge in [0.25, 0.3) is 0 Å². The Labute approximate surface area is 356 Å². The van der Waals surface area contributed by atoms with Crippen molar-refractivity contribution in [3.63, 3.8) is 0 Å². The predicted octanol–water partition coefficient (Wildman–Crippen LogP) is 13.8. The van der Waals surface area contributed by atoms with E-state index in [0.29, 0.717) is 23.0 Å². The van der Waals surface area contributed by atoms with Crippen LogP contribution in [0.25, 0.3) is 111 Å². The highest BCUT2D eigenvalue weighted by Crippen LogP contribution is 2.43. The Hall–Kier alpha value is -8.66. The summed E-state index contributed by atoms with van der Waals surface area (Å²) in [5.41, 5.74) is 11.4. The second kappa shape index (κ2) is 14.3.